The average Bonchev–Trinajstić information content (AvgIpc) is 2.40. The maximum Gasteiger partial charge on any atom is 0.182 e. The first-order chi connectivity index (χ1) is 8.78. The molecule has 0 heterocycles. The van der Waals surface area contributed by atoms with Crippen molar-refractivity contribution in [3.05, 3.63) is 70.9 Å². The van der Waals surface area contributed by atoms with Gasteiger partial charge in [0.25, 0.3) is 0 Å². The molecule has 0 N–H and O–H groups in total. The minimum atomic E-state index is 0.354. The highest BCUT2D eigenvalue weighted by molar-refractivity contribution is 5.75. The van der Waals surface area contributed by atoms with Crippen LogP contribution in [0.5, 0.6) is 5.75 Å². The molecule has 0 aliphatic carbocycles. The van der Waals surface area contributed by atoms with Crippen LogP contribution in [0.25, 0.3) is 0 Å². The van der Waals surface area contributed by atoms with E-state index in [0.29, 0.717) is 6.54 Å². The van der Waals surface area contributed by atoms with Crippen LogP contribution in [0.15, 0.2) is 54.6 Å². The molecule has 0 saturated heterocycles. The molecule has 2 rings (SSSR count). The fraction of sp³-hybridized carbons (Fsp3) is 0.133. The number of methoxy groups -OCH3 is 1. The van der Waals surface area contributed by atoms with E-state index in [4.69, 9.17) is 4.74 Å². The number of hydrogen-bond acceptors (Lipinski definition) is 2. The number of benzene rings is 2. The third kappa shape index (κ3) is 3.35. The van der Waals surface area contributed by atoms with Gasteiger partial charge in [0.15, 0.2) is 12.8 Å². The van der Waals surface area contributed by atoms with Gasteiger partial charge in [0, 0.05) is 11.1 Å². The van der Waals surface area contributed by atoms with Gasteiger partial charge in [0.1, 0.15) is 5.75 Å². The van der Waals surface area contributed by atoms with Crippen LogP contribution in [0, 0.1) is 5.21 Å². The van der Waals surface area contributed by atoms with Crippen LogP contribution in [-0.2, 0) is 6.54 Å². The largest absolute Gasteiger partial charge is 0.624 e. The molecule has 0 fully saturated rings. The number of hydrogen-bond donors (Lipinski definition) is 0. The Balaban J connectivity index is 2.07. The number of hydroxylamine groups is 1. The highest BCUT2D eigenvalue weighted by Gasteiger charge is 1.99. The summed E-state index contributed by atoms with van der Waals surface area (Å²) in [5.41, 5.74) is 1.86. The molecule has 0 unspecified atom stereocenters. The molecular weight excluding hydrogens is 226 g/mol. The summed E-state index contributed by atoms with van der Waals surface area (Å²) < 4.78 is 5.99. The van der Waals surface area contributed by atoms with Gasteiger partial charge in [-0.3, -0.25) is 0 Å². The Bertz CT molecular complexity index is 518. The van der Waals surface area contributed by atoms with Gasteiger partial charge >= 0.3 is 0 Å². The van der Waals surface area contributed by atoms with Gasteiger partial charge in [-0.2, -0.15) is 0 Å². The predicted octanol–water partition coefficient (Wildman–Crippen LogP) is 2.82. The second kappa shape index (κ2) is 5.87. The molecule has 3 nitrogen and oxygen atoms in total. The summed E-state index contributed by atoms with van der Waals surface area (Å²) >= 11 is 0. The second-order valence-corrected chi connectivity index (χ2v) is 3.96. The molecule has 92 valence electrons. The van der Waals surface area contributed by atoms with Crippen molar-refractivity contribution in [3.63, 3.8) is 0 Å². The molecule has 2 aromatic carbocycles. The van der Waals surface area contributed by atoms with Crippen LogP contribution in [0.2, 0.25) is 0 Å². The van der Waals surface area contributed by atoms with Crippen LogP contribution in [0.1, 0.15) is 11.1 Å². The Labute approximate surface area is 107 Å². The van der Waals surface area contributed by atoms with Gasteiger partial charge in [0.05, 0.1) is 7.11 Å². The molecule has 2 aromatic rings. The summed E-state index contributed by atoms with van der Waals surface area (Å²) in [6.45, 7) is 0.354. The molecule has 0 aromatic heterocycles. The third-order valence-electron chi connectivity index (χ3n) is 2.59. The second-order valence-electron chi connectivity index (χ2n) is 3.96. The quantitative estimate of drug-likeness (QED) is 0.357. The first-order valence-electron chi connectivity index (χ1n) is 5.74. The molecule has 0 aliphatic heterocycles. The minimum Gasteiger partial charge on any atom is -0.624 e. The fourth-order valence-electron chi connectivity index (χ4n) is 1.67. The van der Waals surface area contributed by atoms with E-state index in [-0.39, 0.29) is 0 Å². The maximum atomic E-state index is 11.8. The van der Waals surface area contributed by atoms with E-state index in [1.165, 1.54) is 0 Å². The van der Waals surface area contributed by atoms with Gasteiger partial charge < -0.3 is 9.94 Å². The Morgan fingerprint density at radius 3 is 2.33 bits per heavy atom. The van der Waals surface area contributed by atoms with Crippen molar-refractivity contribution in [2.45, 2.75) is 6.54 Å². The number of ether oxygens (including phenoxy) is 1. The monoisotopic (exact) mass is 241 g/mol. The van der Waals surface area contributed by atoms with Crippen molar-refractivity contribution >= 4 is 6.21 Å². The summed E-state index contributed by atoms with van der Waals surface area (Å²) in [5, 5.41) is 11.8. The van der Waals surface area contributed by atoms with Gasteiger partial charge in [-0.25, -0.2) is 4.74 Å². The lowest BCUT2D eigenvalue weighted by Crippen LogP contribution is -2.05. The zero-order valence-electron chi connectivity index (χ0n) is 10.2. The first-order valence-corrected chi connectivity index (χ1v) is 5.74. The normalized spacial score (nSPS) is 11.3. The van der Waals surface area contributed by atoms with E-state index in [9.17, 15) is 5.21 Å². The highest BCUT2D eigenvalue weighted by atomic mass is 16.5. The Hall–Kier alpha value is -2.29. The predicted molar refractivity (Wildman–Crippen MR) is 71.9 cm³/mol. The fourth-order valence-corrected chi connectivity index (χ4v) is 1.67. The van der Waals surface area contributed by atoms with Gasteiger partial charge in [-0.15, -0.1) is 0 Å². The Kier molecular flexibility index (Phi) is 3.97. The zero-order valence-corrected chi connectivity index (χ0v) is 10.2. The SMILES string of the molecule is COc1ccc(/C=[N+](/[O-])Cc2ccccc2)cc1. The van der Waals surface area contributed by atoms with E-state index < -0.39 is 0 Å². The summed E-state index contributed by atoms with van der Waals surface area (Å²) in [6.07, 6.45) is 1.58. The summed E-state index contributed by atoms with van der Waals surface area (Å²) in [7, 11) is 1.62. The van der Waals surface area contributed by atoms with Crippen molar-refractivity contribution < 1.29 is 9.48 Å². The van der Waals surface area contributed by atoms with Crippen molar-refractivity contribution in [2.75, 3.05) is 7.11 Å². The topological polar surface area (TPSA) is 35.3 Å². The third-order valence-corrected chi connectivity index (χ3v) is 2.59. The highest BCUT2D eigenvalue weighted by Crippen LogP contribution is 2.10. The number of nitrogens with zero attached hydrogens (tertiary/aromatic N) is 1. The van der Waals surface area contributed by atoms with Crippen molar-refractivity contribution in [2.24, 2.45) is 0 Å². The van der Waals surface area contributed by atoms with Crippen LogP contribution >= 0.6 is 0 Å². The zero-order chi connectivity index (χ0) is 12.8. The maximum absolute atomic E-state index is 11.8. The molecule has 0 amide bonds. The average molecular weight is 241 g/mol. The molecule has 0 radical (unpaired) electrons. The van der Waals surface area contributed by atoms with Crippen molar-refractivity contribution in [3.8, 4) is 5.75 Å². The van der Waals surface area contributed by atoms with Gasteiger partial charge in [-0.1, -0.05) is 30.3 Å². The Morgan fingerprint density at radius 2 is 1.72 bits per heavy atom. The van der Waals surface area contributed by atoms with E-state index >= 15 is 0 Å². The molecule has 0 atom stereocenters. The van der Waals surface area contributed by atoms with Crippen molar-refractivity contribution in [1.29, 1.82) is 0 Å². The van der Waals surface area contributed by atoms with Gasteiger partial charge in [-0.05, 0) is 24.3 Å². The van der Waals surface area contributed by atoms with Gasteiger partial charge in [0.2, 0.25) is 0 Å². The molecule has 18 heavy (non-hydrogen) atoms. The molecule has 0 bridgehead atoms. The molecule has 0 saturated carbocycles. The van der Waals surface area contributed by atoms with Crippen LogP contribution in [0.4, 0.5) is 0 Å². The van der Waals surface area contributed by atoms with Crippen LogP contribution in [-0.4, -0.2) is 18.1 Å². The first kappa shape index (κ1) is 12.2. The Morgan fingerprint density at radius 1 is 1.06 bits per heavy atom. The van der Waals surface area contributed by atoms with Crippen LogP contribution < -0.4 is 4.74 Å². The van der Waals surface area contributed by atoms with Crippen molar-refractivity contribution in [1.82, 2.24) is 0 Å². The summed E-state index contributed by atoms with van der Waals surface area (Å²) in [4.78, 5) is 0. The lowest BCUT2D eigenvalue weighted by molar-refractivity contribution is -0.469. The van der Waals surface area contributed by atoms with E-state index in [0.717, 1.165) is 21.6 Å². The molecular formula is C15H15NO2. The smallest absolute Gasteiger partial charge is 0.182 e. The summed E-state index contributed by atoms with van der Waals surface area (Å²) in [6, 6.07) is 17.0. The molecule has 0 aliphatic rings. The minimum absolute atomic E-state index is 0.354. The lowest BCUT2D eigenvalue weighted by atomic mass is 10.2. The molecule has 0 spiro atoms. The number of rotatable bonds is 4. The molecule has 3 heteroatoms. The summed E-state index contributed by atoms with van der Waals surface area (Å²) in [5.74, 6) is 0.785. The van der Waals surface area contributed by atoms with Crippen LogP contribution in [0.3, 0.4) is 0 Å². The lowest BCUT2D eigenvalue weighted by Gasteiger charge is -2.04. The van der Waals surface area contributed by atoms with E-state index in [1.807, 2.05) is 54.6 Å². The standard InChI is InChI=1S/C15H15NO2/c1-18-15-9-7-14(8-10-15)12-16(17)11-13-5-3-2-4-6-13/h2-10,12H,11H2,1H3/b16-12+. The van der Waals surface area contributed by atoms with E-state index in [1.54, 1.807) is 13.3 Å². The van der Waals surface area contributed by atoms with E-state index in [2.05, 4.69) is 0 Å².